The van der Waals surface area contributed by atoms with Crippen molar-refractivity contribution in [1.82, 2.24) is 0 Å². The Morgan fingerprint density at radius 2 is 1.69 bits per heavy atom. The number of nitrogens with two attached hydrogens (primary N) is 1. The number of benzene rings is 2. The number of para-hydroxylation sites is 1. The summed E-state index contributed by atoms with van der Waals surface area (Å²) in [6.07, 6.45) is 0. The van der Waals surface area contributed by atoms with Gasteiger partial charge in [0.1, 0.15) is 0 Å². The summed E-state index contributed by atoms with van der Waals surface area (Å²) in [6, 6.07) is 14.2. The van der Waals surface area contributed by atoms with Crippen molar-refractivity contribution in [1.29, 1.82) is 0 Å². The topological polar surface area (TPSA) is 38.0 Å². The molecule has 0 aromatic heterocycles. The zero-order valence-electron chi connectivity index (χ0n) is 9.62. The molecule has 0 radical (unpaired) electrons. The van der Waals surface area contributed by atoms with Gasteiger partial charge in [0.05, 0.1) is 11.4 Å². The summed E-state index contributed by atoms with van der Waals surface area (Å²) >= 11 is 0. The van der Waals surface area contributed by atoms with Crippen molar-refractivity contribution in [2.45, 2.75) is 13.8 Å². The third kappa shape index (κ3) is 2.16. The fourth-order valence-corrected chi connectivity index (χ4v) is 1.76. The zero-order chi connectivity index (χ0) is 11.5. The Morgan fingerprint density at radius 3 is 2.38 bits per heavy atom. The number of hydrogen-bond donors (Lipinski definition) is 2. The van der Waals surface area contributed by atoms with E-state index in [1.807, 2.05) is 37.3 Å². The van der Waals surface area contributed by atoms with Gasteiger partial charge in [0.15, 0.2) is 0 Å². The highest BCUT2D eigenvalue weighted by atomic mass is 14.9. The third-order valence-electron chi connectivity index (χ3n) is 2.58. The lowest BCUT2D eigenvalue weighted by atomic mass is 10.1. The lowest BCUT2D eigenvalue weighted by molar-refractivity contribution is 1.38. The van der Waals surface area contributed by atoms with E-state index in [9.17, 15) is 0 Å². The Hall–Kier alpha value is -1.96. The van der Waals surface area contributed by atoms with Crippen LogP contribution in [0.3, 0.4) is 0 Å². The average molecular weight is 212 g/mol. The Balaban J connectivity index is 2.35. The van der Waals surface area contributed by atoms with Gasteiger partial charge < -0.3 is 11.1 Å². The van der Waals surface area contributed by atoms with Gasteiger partial charge in [-0.05, 0) is 43.2 Å². The quantitative estimate of drug-likeness (QED) is 0.746. The van der Waals surface area contributed by atoms with Crippen LogP contribution in [0.25, 0.3) is 0 Å². The second kappa shape index (κ2) is 4.27. The normalized spacial score (nSPS) is 10.1. The fraction of sp³-hybridized carbons (Fsp3) is 0.143. The van der Waals surface area contributed by atoms with Gasteiger partial charge in [0.25, 0.3) is 0 Å². The zero-order valence-corrected chi connectivity index (χ0v) is 9.62. The molecule has 0 aliphatic carbocycles. The van der Waals surface area contributed by atoms with E-state index < -0.39 is 0 Å². The second-order valence-corrected chi connectivity index (χ2v) is 4.03. The monoisotopic (exact) mass is 212 g/mol. The minimum atomic E-state index is 0.814. The van der Waals surface area contributed by atoms with Crippen molar-refractivity contribution in [3.8, 4) is 0 Å². The number of nitrogen functional groups attached to an aromatic ring is 1. The summed E-state index contributed by atoms with van der Waals surface area (Å²) in [5, 5.41) is 3.33. The van der Waals surface area contributed by atoms with E-state index in [-0.39, 0.29) is 0 Å². The van der Waals surface area contributed by atoms with Gasteiger partial charge in [0, 0.05) is 5.69 Å². The van der Waals surface area contributed by atoms with Crippen molar-refractivity contribution < 1.29 is 0 Å². The van der Waals surface area contributed by atoms with Crippen LogP contribution >= 0.6 is 0 Å². The number of anilines is 3. The molecule has 2 aromatic rings. The molecule has 3 N–H and O–H groups in total. The molecule has 0 aliphatic rings. The minimum absolute atomic E-state index is 0.814. The summed E-state index contributed by atoms with van der Waals surface area (Å²) in [5.74, 6) is 0. The summed E-state index contributed by atoms with van der Waals surface area (Å²) in [5.41, 5.74) is 11.2. The standard InChI is InChI=1S/C14H16N2/c1-10-8-11(2)14(15)13(9-10)16-12-6-4-3-5-7-12/h3-9,16H,15H2,1-2H3. The van der Waals surface area contributed by atoms with Crippen LogP contribution in [0, 0.1) is 13.8 Å². The maximum absolute atomic E-state index is 6.04. The molecule has 2 rings (SSSR count). The Bertz CT molecular complexity index is 490. The van der Waals surface area contributed by atoms with Crippen LogP contribution in [0.15, 0.2) is 42.5 Å². The summed E-state index contributed by atoms with van der Waals surface area (Å²) in [6.45, 7) is 4.10. The van der Waals surface area contributed by atoms with Gasteiger partial charge in [-0.15, -0.1) is 0 Å². The molecule has 0 aliphatic heterocycles. The van der Waals surface area contributed by atoms with Crippen LogP contribution in [-0.4, -0.2) is 0 Å². The third-order valence-corrected chi connectivity index (χ3v) is 2.58. The van der Waals surface area contributed by atoms with E-state index in [1.54, 1.807) is 0 Å². The molecule has 82 valence electrons. The van der Waals surface area contributed by atoms with Gasteiger partial charge in [-0.2, -0.15) is 0 Å². The molecule has 0 atom stereocenters. The van der Waals surface area contributed by atoms with Crippen LogP contribution in [0.2, 0.25) is 0 Å². The molecule has 0 heterocycles. The maximum atomic E-state index is 6.04. The molecule has 0 bridgehead atoms. The fourth-order valence-electron chi connectivity index (χ4n) is 1.76. The van der Waals surface area contributed by atoms with Crippen LogP contribution in [0.5, 0.6) is 0 Å². The Labute approximate surface area is 96.1 Å². The summed E-state index contributed by atoms with van der Waals surface area (Å²) in [7, 11) is 0. The van der Waals surface area contributed by atoms with Crippen LogP contribution in [0.4, 0.5) is 17.1 Å². The highest BCUT2D eigenvalue weighted by Gasteiger charge is 2.03. The molecule has 2 aromatic carbocycles. The van der Waals surface area contributed by atoms with E-state index >= 15 is 0 Å². The van der Waals surface area contributed by atoms with E-state index in [0.717, 1.165) is 22.6 Å². The van der Waals surface area contributed by atoms with Crippen molar-refractivity contribution >= 4 is 17.1 Å². The predicted molar refractivity (Wildman–Crippen MR) is 70.1 cm³/mol. The molecular formula is C14H16N2. The molecule has 0 fully saturated rings. The molecular weight excluding hydrogens is 196 g/mol. The first-order valence-corrected chi connectivity index (χ1v) is 5.35. The number of rotatable bonds is 2. The molecule has 16 heavy (non-hydrogen) atoms. The number of nitrogens with one attached hydrogen (secondary N) is 1. The lowest BCUT2D eigenvalue weighted by Crippen LogP contribution is -1.99. The molecule has 0 spiro atoms. The van der Waals surface area contributed by atoms with Crippen molar-refractivity contribution in [3.05, 3.63) is 53.6 Å². The molecule has 0 unspecified atom stereocenters. The molecule has 0 saturated carbocycles. The first-order valence-electron chi connectivity index (χ1n) is 5.35. The van der Waals surface area contributed by atoms with Crippen molar-refractivity contribution in [2.75, 3.05) is 11.1 Å². The van der Waals surface area contributed by atoms with Gasteiger partial charge in [-0.25, -0.2) is 0 Å². The number of aryl methyl sites for hydroxylation is 2. The van der Waals surface area contributed by atoms with E-state index in [4.69, 9.17) is 5.73 Å². The smallest absolute Gasteiger partial charge is 0.0623 e. The van der Waals surface area contributed by atoms with E-state index in [2.05, 4.69) is 24.4 Å². The van der Waals surface area contributed by atoms with Crippen molar-refractivity contribution in [3.63, 3.8) is 0 Å². The molecule has 2 nitrogen and oxygen atoms in total. The average Bonchev–Trinajstić information content (AvgIpc) is 2.27. The highest BCUT2D eigenvalue weighted by molar-refractivity contribution is 5.75. The van der Waals surface area contributed by atoms with Gasteiger partial charge >= 0.3 is 0 Å². The Morgan fingerprint density at radius 1 is 1.00 bits per heavy atom. The van der Waals surface area contributed by atoms with E-state index in [1.165, 1.54) is 5.56 Å². The summed E-state index contributed by atoms with van der Waals surface area (Å²) in [4.78, 5) is 0. The SMILES string of the molecule is Cc1cc(C)c(N)c(Nc2ccccc2)c1. The maximum Gasteiger partial charge on any atom is 0.0623 e. The van der Waals surface area contributed by atoms with E-state index in [0.29, 0.717) is 0 Å². The first-order chi connectivity index (χ1) is 7.66. The van der Waals surface area contributed by atoms with Gasteiger partial charge in [0.2, 0.25) is 0 Å². The number of hydrogen-bond acceptors (Lipinski definition) is 2. The first kappa shape index (κ1) is 10.6. The minimum Gasteiger partial charge on any atom is -0.397 e. The second-order valence-electron chi connectivity index (χ2n) is 4.03. The van der Waals surface area contributed by atoms with Gasteiger partial charge in [-0.1, -0.05) is 24.3 Å². The molecule has 2 heteroatoms. The molecule has 0 amide bonds. The van der Waals surface area contributed by atoms with Crippen LogP contribution < -0.4 is 11.1 Å². The van der Waals surface area contributed by atoms with Crippen LogP contribution in [-0.2, 0) is 0 Å². The van der Waals surface area contributed by atoms with Gasteiger partial charge in [-0.3, -0.25) is 0 Å². The highest BCUT2D eigenvalue weighted by Crippen LogP contribution is 2.27. The Kier molecular flexibility index (Phi) is 2.82. The summed E-state index contributed by atoms with van der Waals surface area (Å²) < 4.78 is 0. The lowest BCUT2D eigenvalue weighted by Gasteiger charge is -2.12. The largest absolute Gasteiger partial charge is 0.397 e. The van der Waals surface area contributed by atoms with Crippen LogP contribution in [0.1, 0.15) is 11.1 Å². The molecule has 0 saturated heterocycles. The predicted octanol–water partition coefficient (Wildman–Crippen LogP) is 3.63. The van der Waals surface area contributed by atoms with Crippen molar-refractivity contribution in [2.24, 2.45) is 0 Å².